The van der Waals surface area contributed by atoms with Gasteiger partial charge in [-0.05, 0) is 22.3 Å². The Morgan fingerprint density at radius 1 is 0.476 bits per heavy atom. The molecule has 21 heavy (non-hydrogen) atoms. The first-order valence-electron chi connectivity index (χ1n) is 6.86. The first kappa shape index (κ1) is 13.6. The molecule has 104 valence electrons. The van der Waals surface area contributed by atoms with Crippen LogP contribution in [0, 0.1) is 0 Å². The Hall–Kier alpha value is -2.42. The smallest absolute Gasteiger partial charge is 0.178 e. The Balaban J connectivity index is 1.87. The van der Waals surface area contributed by atoms with E-state index in [2.05, 4.69) is 36.4 Å². The summed E-state index contributed by atoms with van der Waals surface area (Å²) in [6.07, 6.45) is -1.42. The van der Waals surface area contributed by atoms with E-state index in [9.17, 15) is 0 Å². The summed E-state index contributed by atoms with van der Waals surface area (Å²) in [4.78, 5) is 0. The summed E-state index contributed by atoms with van der Waals surface area (Å²) >= 11 is 0. The molecule has 2 heteroatoms. The van der Waals surface area contributed by atoms with Crippen molar-refractivity contribution in [2.24, 2.45) is 0 Å². The maximum atomic E-state index is 9.10. The Bertz CT molecular complexity index is 699. The lowest BCUT2D eigenvalue weighted by molar-refractivity contribution is -0.0424. The van der Waals surface area contributed by atoms with E-state index < -0.39 is 6.29 Å². The van der Waals surface area contributed by atoms with Crippen molar-refractivity contribution in [3.8, 4) is 22.3 Å². The van der Waals surface area contributed by atoms with E-state index >= 15 is 0 Å². The van der Waals surface area contributed by atoms with Crippen LogP contribution in [0.4, 0.5) is 0 Å². The zero-order valence-corrected chi connectivity index (χ0v) is 11.5. The second-order valence-corrected chi connectivity index (χ2v) is 4.94. The molecule has 0 saturated carbocycles. The quantitative estimate of drug-likeness (QED) is 0.710. The average Bonchev–Trinajstić information content (AvgIpc) is 2.56. The molecule has 0 bridgehead atoms. The van der Waals surface area contributed by atoms with E-state index in [1.807, 2.05) is 30.3 Å². The summed E-state index contributed by atoms with van der Waals surface area (Å²) in [6, 6.07) is 25.8. The van der Waals surface area contributed by atoms with Gasteiger partial charge in [0.15, 0.2) is 6.29 Å². The molecular formula is C19H16O2. The van der Waals surface area contributed by atoms with Gasteiger partial charge in [0.1, 0.15) is 0 Å². The summed E-state index contributed by atoms with van der Waals surface area (Å²) in [5.74, 6) is 0. The van der Waals surface area contributed by atoms with Gasteiger partial charge in [-0.2, -0.15) is 0 Å². The second kappa shape index (κ2) is 5.92. The molecule has 0 radical (unpaired) electrons. The molecule has 0 saturated heterocycles. The third kappa shape index (κ3) is 3.02. The van der Waals surface area contributed by atoms with E-state index in [0.717, 1.165) is 11.1 Å². The molecule has 3 aromatic rings. The van der Waals surface area contributed by atoms with Gasteiger partial charge in [-0.15, -0.1) is 0 Å². The van der Waals surface area contributed by atoms with Crippen LogP contribution in [0.1, 0.15) is 11.9 Å². The highest BCUT2D eigenvalue weighted by Gasteiger charge is 2.03. The van der Waals surface area contributed by atoms with Crippen LogP contribution in [0.5, 0.6) is 0 Å². The number of hydrogen-bond donors (Lipinski definition) is 2. The van der Waals surface area contributed by atoms with E-state index in [4.69, 9.17) is 10.2 Å². The van der Waals surface area contributed by atoms with E-state index in [0.29, 0.717) is 5.56 Å². The molecule has 0 atom stereocenters. The molecule has 0 fully saturated rings. The Morgan fingerprint density at radius 3 is 1.29 bits per heavy atom. The summed E-state index contributed by atoms with van der Waals surface area (Å²) in [5.41, 5.74) is 5.04. The first-order valence-corrected chi connectivity index (χ1v) is 6.86. The normalized spacial score (nSPS) is 10.8. The highest BCUT2D eigenvalue weighted by molar-refractivity contribution is 5.70. The predicted octanol–water partition coefficient (Wildman–Crippen LogP) is 4.00. The first-order chi connectivity index (χ1) is 10.2. The Morgan fingerprint density at radius 2 is 0.857 bits per heavy atom. The van der Waals surface area contributed by atoms with Crippen molar-refractivity contribution in [3.63, 3.8) is 0 Å². The van der Waals surface area contributed by atoms with Crippen molar-refractivity contribution in [2.75, 3.05) is 0 Å². The number of aliphatic hydroxyl groups excluding tert-OH is 1. The molecule has 0 aliphatic heterocycles. The standard InChI is InChI=1S/C19H16O2/c20-19(21)18-12-10-17(11-13-18)16-8-6-15(7-9-16)14-4-2-1-3-5-14/h1-13,19-21H. The van der Waals surface area contributed by atoms with Crippen LogP contribution in [-0.2, 0) is 0 Å². The molecule has 0 aliphatic carbocycles. The number of rotatable bonds is 3. The van der Waals surface area contributed by atoms with Crippen LogP contribution >= 0.6 is 0 Å². The molecule has 0 unspecified atom stereocenters. The number of aliphatic hydroxyl groups is 2. The maximum Gasteiger partial charge on any atom is 0.178 e. The monoisotopic (exact) mass is 276 g/mol. The van der Waals surface area contributed by atoms with Crippen molar-refractivity contribution in [3.05, 3.63) is 84.4 Å². The van der Waals surface area contributed by atoms with Crippen LogP contribution in [0.15, 0.2) is 78.9 Å². The topological polar surface area (TPSA) is 40.5 Å². The zero-order chi connectivity index (χ0) is 14.7. The fraction of sp³-hybridized carbons (Fsp3) is 0.0526. The van der Waals surface area contributed by atoms with Gasteiger partial charge in [-0.3, -0.25) is 0 Å². The fourth-order valence-electron chi connectivity index (χ4n) is 2.33. The molecule has 0 amide bonds. The van der Waals surface area contributed by atoms with Gasteiger partial charge in [-0.1, -0.05) is 78.9 Å². The van der Waals surface area contributed by atoms with Gasteiger partial charge in [0, 0.05) is 5.56 Å². The molecule has 3 rings (SSSR count). The zero-order valence-electron chi connectivity index (χ0n) is 11.5. The number of hydrogen-bond acceptors (Lipinski definition) is 2. The molecule has 2 nitrogen and oxygen atoms in total. The van der Waals surface area contributed by atoms with Crippen molar-refractivity contribution in [1.82, 2.24) is 0 Å². The van der Waals surface area contributed by atoms with Crippen LogP contribution in [0.3, 0.4) is 0 Å². The molecular weight excluding hydrogens is 260 g/mol. The van der Waals surface area contributed by atoms with Gasteiger partial charge >= 0.3 is 0 Å². The average molecular weight is 276 g/mol. The molecule has 2 N–H and O–H groups in total. The SMILES string of the molecule is OC(O)c1ccc(-c2ccc(-c3ccccc3)cc2)cc1. The van der Waals surface area contributed by atoms with Crippen molar-refractivity contribution >= 4 is 0 Å². The summed E-state index contributed by atoms with van der Waals surface area (Å²) < 4.78 is 0. The Labute approximate surface area is 123 Å². The van der Waals surface area contributed by atoms with Gasteiger partial charge in [-0.25, -0.2) is 0 Å². The van der Waals surface area contributed by atoms with Crippen molar-refractivity contribution in [2.45, 2.75) is 6.29 Å². The van der Waals surface area contributed by atoms with E-state index in [1.54, 1.807) is 12.1 Å². The predicted molar refractivity (Wildman–Crippen MR) is 84.5 cm³/mol. The molecule has 0 aromatic heterocycles. The lowest BCUT2D eigenvalue weighted by Gasteiger charge is -2.07. The molecule has 0 heterocycles. The highest BCUT2D eigenvalue weighted by Crippen LogP contribution is 2.25. The van der Waals surface area contributed by atoms with Gasteiger partial charge < -0.3 is 10.2 Å². The van der Waals surface area contributed by atoms with Gasteiger partial charge in [0.05, 0.1) is 0 Å². The molecule has 3 aromatic carbocycles. The lowest BCUT2D eigenvalue weighted by Crippen LogP contribution is -1.93. The minimum atomic E-state index is -1.42. The van der Waals surface area contributed by atoms with Crippen LogP contribution in [0.2, 0.25) is 0 Å². The fourth-order valence-corrected chi connectivity index (χ4v) is 2.33. The van der Waals surface area contributed by atoms with Gasteiger partial charge in [0.25, 0.3) is 0 Å². The van der Waals surface area contributed by atoms with E-state index in [1.165, 1.54) is 11.1 Å². The summed E-state index contributed by atoms with van der Waals surface area (Å²) in [6.45, 7) is 0. The van der Waals surface area contributed by atoms with Crippen molar-refractivity contribution < 1.29 is 10.2 Å². The third-order valence-corrected chi connectivity index (χ3v) is 3.53. The lowest BCUT2D eigenvalue weighted by atomic mass is 9.99. The minimum Gasteiger partial charge on any atom is -0.364 e. The van der Waals surface area contributed by atoms with Crippen LogP contribution in [0.25, 0.3) is 22.3 Å². The maximum absolute atomic E-state index is 9.10. The molecule has 0 aliphatic rings. The third-order valence-electron chi connectivity index (χ3n) is 3.53. The number of benzene rings is 3. The summed E-state index contributed by atoms with van der Waals surface area (Å²) in [5, 5.41) is 18.2. The second-order valence-electron chi connectivity index (χ2n) is 4.94. The van der Waals surface area contributed by atoms with Crippen LogP contribution in [-0.4, -0.2) is 10.2 Å². The van der Waals surface area contributed by atoms with Gasteiger partial charge in [0.2, 0.25) is 0 Å². The Kier molecular flexibility index (Phi) is 3.82. The van der Waals surface area contributed by atoms with E-state index in [-0.39, 0.29) is 0 Å². The van der Waals surface area contributed by atoms with Crippen molar-refractivity contribution in [1.29, 1.82) is 0 Å². The summed E-state index contributed by atoms with van der Waals surface area (Å²) in [7, 11) is 0. The highest BCUT2D eigenvalue weighted by atomic mass is 16.5. The largest absolute Gasteiger partial charge is 0.364 e. The molecule has 0 spiro atoms. The minimum absolute atomic E-state index is 0.500. The van der Waals surface area contributed by atoms with Crippen LogP contribution < -0.4 is 0 Å².